The Hall–Kier alpha value is -2.45. The Morgan fingerprint density at radius 3 is 2.83 bits per heavy atom. The minimum Gasteiger partial charge on any atom is -0.354 e. The lowest BCUT2D eigenvalue weighted by atomic mass is 10.0. The number of aromatic nitrogens is 2. The summed E-state index contributed by atoms with van der Waals surface area (Å²) in [5, 5.41) is 3.45. The number of aryl methyl sites for hydroxylation is 1. The fraction of sp³-hybridized carbons (Fsp3) is 0.524. The molecular formula is C21H30ClN5O3. The van der Waals surface area contributed by atoms with E-state index in [4.69, 9.17) is 5.73 Å². The molecule has 2 heterocycles. The van der Waals surface area contributed by atoms with Gasteiger partial charge in [0, 0.05) is 44.9 Å². The maximum absolute atomic E-state index is 12.7. The Balaban J connectivity index is 0.00000320. The van der Waals surface area contributed by atoms with Crippen molar-refractivity contribution in [1.29, 1.82) is 0 Å². The highest BCUT2D eigenvalue weighted by Crippen LogP contribution is 2.18. The molecule has 1 aromatic carbocycles. The van der Waals surface area contributed by atoms with Gasteiger partial charge in [0.25, 0.3) is 5.56 Å². The Morgan fingerprint density at radius 1 is 1.23 bits per heavy atom. The smallest absolute Gasteiger partial charge is 0.258 e. The highest BCUT2D eigenvalue weighted by atomic mass is 35.5. The molecule has 1 unspecified atom stereocenters. The maximum Gasteiger partial charge on any atom is 0.258 e. The van der Waals surface area contributed by atoms with Crippen LogP contribution in [0.2, 0.25) is 0 Å². The van der Waals surface area contributed by atoms with Crippen LogP contribution in [0.15, 0.2) is 29.1 Å². The second-order valence-electron chi connectivity index (χ2n) is 7.46. The monoisotopic (exact) mass is 435 g/mol. The highest BCUT2D eigenvalue weighted by Gasteiger charge is 2.26. The lowest BCUT2D eigenvalue weighted by molar-refractivity contribution is -0.135. The van der Waals surface area contributed by atoms with Crippen LogP contribution in [0.1, 0.15) is 44.3 Å². The van der Waals surface area contributed by atoms with Crippen molar-refractivity contribution in [2.45, 2.75) is 51.0 Å². The van der Waals surface area contributed by atoms with Crippen LogP contribution < -0.4 is 16.6 Å². The van der Waals surface area contributed by atoms with Crippen molar-refractivity contribution < 1.29 is 9.59 Å². The van der Waals surface area contributed by atoms with E-state index in [1.165, 1.54) is 0 Å². The summed E-state index contributed by atoms with van der Waals surface area (Å²) in [6.07, 6.45) is 4.79. The molecule has 1 aliphatic heterocycles. The molecule has 1 saturated heterocycles. The van der Waals surface area contributed by atoms with Crippen molar-refractivity contribution in [3.8, 4) is 0 Å². The summed E-state index contributed by atoms with van der Waals surface area (Å²) in [5.41, 5.74) is 5.92. The van der Waals surface area contributed by atoms with Crippen LogP contribution in [0.3, 0.4) is 0 Å². The number of halogens is 1. The Bertz CT molecular complexity index is 917. The number of carbonyl (C=O) groups is 2. The van der Waals surface area contributed by atoms with E-state index in [0.29, 0.717) is 55.5 Å². The lowest BCUT2D eigenvalue weighted by Crippen LogP contribution is -2.49. The van der Waals surface area contributed by atoms with E-state index >= 15 is 0 Å². The predicted molar refractivity (Wildman–Crippen MR) is 119 cm³/mol. The third kappa shape index (κ3) is 6.27. The summed E-state index contributed by atoms with van der Waals surface area (Å²) < 4.78 is 0. The number of fused-ring (bicyclic) bond motifs is 1. The number of para-hydroxylation sites is 1. The molecule has 8 nitrogen and oxygen atoms in total. The second-order valence-corrected chi connectivity index (χ2v) is 7.46. The Morgan fingerprint density at radius 2 is 2.03 bits per heavy atom. The van der Waals surface area contributed by atoms with Gasteiger partial charge in [-0.15, -0.1) is 12.4 Å². The molecule has 164 valence electrons. The molecule has 30 heavy (non-hydrogen) atoms. The van der Waals surface area contributed by atoms with E-state index in [1.54, 1.807) is 6.07 Å². The largest absolute Gasteiger partial charge is 0.354 e. The van der Waals surface area contributed by atoms with Gasteiger partial charge in [-0.05, 0) is 37.8 Å². The van der Waals surface area contributed by atoms with E-state index in [2.05, 4.69) is 15.3 Å². The number of nitrogens with two attached hydrogens (primary N) is 1. The number of amides is 2. The standard InChI is InChI=1S/C21H29N5O3.ClH/c22-12-11-19(27)23-14-15-6-3-4-13-26(15)20(28)10-5-9-18-24-17-8-2-1-7-16(17)21(29)25-18;/h1-2,7-8,15H,3-6,9-14,22H2,(H,23,27)(H,24,25,29);1H. The fourth-order valence-electron chi connectivity index (χ4n) is 3.80. The first-order valence-corrected chi connectivity index (χ1v) is 10.3. The Kier molecular flexibility index (Phi) is 9.26. The minimum atomic E-state index is -0.152. The number of nitrogens with zero attached hydrogens (tertiary/aromatic N) is 2. The van der Waals surface area contributed by atoms with E-state index in [0.717, 1.165) is 25.8 Å². The molecule has 0 radical (unpaired) electrons. The molecule has 9 heteroatoms. The number of carbonyl (C=O) groups excluding carboxylic acids is 2. The van der Waals surface area contributed by atoms with Crippen LogP contribution in [0.4, 0.5) is 0 Å². The minimum absolute atomic E-state index is 0. The van der Waals surface area contributed by atoms with Crippen molar-refractivity contribution in [3.63, 3.8) is 0 Å². The summed E-state index contributed by atoms with van der Waals surface area (Å²) in [7, 11) is 0. The van der Waals surface area contributed by atoms with Crippen molar-refractivity contribution in [2.75, 3.05) is 19.6 Å². The summed E-state index contributed by atoms with van der Waals surface area (Å²) in [4.78, 5) is 45.8. The first kappa shape index (κ1) is 23.8. The van der Waals surface area contributed by atoms with Gasteiger partial charge in [-0.2, -0.15) is 0 Å². The average molecular weight is 436 g/mol. The molecule has 1 fully saturated rings. The Labute approximate surface area is 182 Å². The molecule has 2 aromatic rings. The molecule has 0 bridgehead atoms. The maximum atomic E-state index is 12.7. The van der Waals surface area contributed by atoms with Gasteiger partial charge in [0.05, 0.1) is 10.9 Å². The van der Waals surface area contributed by atoms with Gasteiger partial charge >= 0.3 is 0 Å². The highest BCUT2D eigenvalue weighted by molar-refractivity contribution is 5.85. The van der Waals surface area contributed by atoms with Crippen LogP contribution in [-0.2, 0) is 16.0 Å². The molecule has 1 atom stereocenters. The molecule has 2 amide bonds. The number of piperidine rings is 1. The quantitative estimate of drug-likeness (QED) is 0.580. The van der Waals surface area contributed by atoms with Crippen LogP contribution in [0.25, 0.3) is 10.9 Å². The van der Waals surface area contributed by atoms with Crippen molar-refractivity contribution in [2.24, 2.45) is 5.73 Å². The molecule has 0 spiro atoms. The second kappa shape index (κ2) is 11.7. The first-order chi connectivity index (χ1) is 14.1. The number of H-pyrrole nitrogens is 1. The topological polar surface area (TPSA) is 121 Å². The van der Waals surface area contributed by atoms with Gasteiger partial charge < -0.3 is 20.9 Å². The third-order valence-corrected chi connectivity index (χ3v) is 5.32. The van der Waals surface area contributed by atoms with Gasteiger partial charge in [-0.1, -0.05) is 12.1 Å². The molecule has 1 aliphatic rings. The van der Waals surface area contributed by atoms with E-state index < -0.39 is 0 Å². The molecule has 1 aromatic heterocycles. The predicted octanol–water partition coefficient (Wildman–Crippen LogP) is 1.51. The zero-order valence-corrected chi connectivity index (χ0v) is 17.9. The number of benzene rings is 1. The molecule has 0 saturated carbocycles. The summed E-state index contributed by atoms with van der Waals surface area (Å²) in [5.74, 6) is 0.619. The van der Waals surface area contributed by atoms with Gasteiger partial charge in [0.2, 0.25) is 11.8 Å². The number of aromatic amines is 1. The summed E-state index contributed by atoms with van der Waals surface area (Å²) in [6, 6.07) is 7.26. The average Bonchev–Trinajstić information content (AvgIpc) is 2.73. The zero-order valence-electron chi connectivity index (χ0n) is 17.1. The van der Waals surface area contributed by atoms with Gasteiger partial charge in [-0.25, -0.2) is 4.98 Å². The molecule has 3 rings (SSSR count). The normalized spacial score (nSPS) is 16.2. The van der Waals surface area contributed by atoms with Gasteiger partial charge in [0.15, 0.2) is 0 Å². The van der Waals surface area contributed by atoms with Crippen molar-refractivity contribution >= 4 is 35.1 Å². The van der Waals surface area contributed by atoms with Gasteiger partial charge in [0.1, 0.15) is 5.82 Å². The summed E-state index contributed by atoms with van der Waals surface area (Å²) in [6.45, 7) is 1.52. The van der Waals surface area contributed by atoms with Crippen LogP contribution in [-0.4, -0.2) is 52.4 Å². The summed E-state index contributed by atoms with van der Waals surface area (Å²) >= 11 is 0. The number of rotatable bonds is 8. The molecule has 4 N–H and O–H groups in total. The van der Waals surface area contributed by atoms with Crippen molar-refractivity contribution in [1.82, 2.24) is 20.2 Å². The number of nitrogens with one attached hydrogen (secondary N) is 2. The van der Waals surface area contributed by atoms with Crippen LogP contribution >= 0.6 is 12.4 Å². The van der Waals surface area contributed by atoms with Crippen LogP contribution in [0.5, 0.6) is 0 Å². The van der Waals surface area contributed by atoms with E-state index in [1.807, 2.05) is 23.1 Å². The van der Waals surface area contributed by atoms with E-state index in [-0.39, 0.29) is 35.8 Å². The zero-order chi connectivity index (χ0) is 20.6. The number of hydrogen-bond acceptors (Lipinski definition) is 5. The SMILES string of the molecule is Cl.NCCC(=O)NCC1CCCCN1C(=O)CCCc1nc2ccccc2c(=O)[nH]1. The number of hydrogen-bond donors (Lipinski definition) is 3. The van der Waals surface area contributed by atoms with E-state index in [9.17, 15) is 14.4 Å². The van der Waals surface area contributed by atoms with Crippen molar-refractivity contribution in [3.05, 3.63) is 40.4 Å². The first-order valence-electron chi connectivity index (χ1n) is 10.3. The lowest BCUT2D eigenvalue weighted by Gasteiger charge is -2.36. The fourth-order valence-corrected chi connectivity index (χ4v) is 3.80. The van der Waals surface area contributed by atoms with Gasteiger partial charge in [-0.3, -0.25) is 14.4 Å². The van der Waals surface area contributed by atoms with Crippen LogP contribution in [0, 0.1) is 0 Å². The number of likely N-dealkylation sites (tertiary alicyclic amines) is 1. The molecular weight excluding hydrogens is 406 g/mol. The third-order valence-electron chi connectivity index (χ3n) is 5.32. The molecule has 0 aliphatic carbocycles.